The second-order valence-electron chi connectivity index (χ2n) is 4.05. The molecule has 0 radical (unpaired) electrons. The Morgan fingerprint density at radius 2 is 2.11 bits per heavy atom. The average Bonchev–Trinajstić information content (AvgIpc) is 2.41. The van der Waals surface area contributed by atoms with Gasteiger partial charge in [-0.3, -0.25) is 9.59 Å². The van der Waals surface area contributed by atoms with Crippen LogP contribution in [0.25, 0.3) is 0 Å². The first kappa shape index (κ1) is 13.5. The summed E-state index contributed by atoms with van der Waals surface area (Å²) in [5.74, 6) is -0.242. The fourth-order valence-electron chi connectivity index (χ4n) is 1.72. The van der Waals surface area contributed by atoms with Crippen LogP contribution >= 0.6 is 15.9 Å². The summed E-state index contributed by atoms with van der Waals surface area (Å²) in [6.45, 7) is 2.03. The summed E-state index contributed by atoms with van der Waals surface area (Å²) in [7, 11) is 0. The van der Waals surface area contributed by atoms with Gasteiger partial charge in [-0.15, -0.1) is 0 Å². The number of hydrogen-bond acceptors (Lipinski definition) is 2. The molecular weight excluding hydrogens is 308 g/mol. The molecule has 0 aliphatic carbocycles. The Morgan fingerprint density at radius 1 is 1.32 bits per heavy atom. The molecule has 19 heavy (non-hydrogen) atoms. The van der Waals surface area contributed by atoms with Crippen molar-refractivity contribution >= 4 is 27.5 Å². The van der Waals surface area contributed by atoms with Gasteiger partial charge in [0.2, 0.25) is 5.56 Å². The molecule has 98 valence electrons. The molecule has 0 atom stereocenters. The van der Waals surface area contributed by atoms with Crippen molar-refractivity contribution in [2.45, 2.75) is 13.3 Å². The third-order valence-electron chi connectivity index (χ3n) is 2.74. The number of anilines is 1. The summed E-state index contributed by atoms with van der Waals surface area (Å²) >= 11 is 3.40. The number of carbonyl (C=O) groups is 1. The van der Waals surface area contributed by atoms with Crippen molar-refractivity contribution in [3.05, 3.63) is 62.5 Å². The molecule has 1 amide bonds. The van der Waals surface area contributed by atoms with E-state index in [2.05, 4.69) is 26.2 Å². The van der Waals surface area contributed by atoms with E-state index in [9.17, 15) is 9.59 Å². The minimum absolute atomic E-state index is 0.227. The first-order valence-electron chi connectivity index (χ1n) is 5.88. The van der Waals surface area contributed by atoms with Crippen molar-refractivity contribution in [3.8, 4) is 0 Å². The van der Waals surface area contributed by atoms with Gasteiger partial charge < -0.3 is 10.3 Å². The molecular formula is C14H13BrN2O2. The van der Waals surface area contributed by atoms with Crippen LogP contribution in [0.4, 0.5) is 5.69 Å². The number of nitrogens with one attached hydrogen (secondary N) is 2. The molecule has 0 aliphatic heterocycles. The maximum Gasteiger partial charge on any atom is 0.257 e. The molecule has 2 rings (SSSR count). The topological polar surface area (TPSA) is 62.0 Å². The molecule has 1 aromatic heterocycles. The number of halogens is 1. The highest BCUT2D eigenvalue weighted by Gasteiger charge is 2.08. The van der Waals surface area contributed by atoms with E-state index in [-0.39, 0.29) is 11.5 Å². The second-order valence-corrected chi connectivity index (χ2v) is 4.97. The van der Waals surface area contributed by atoms with Crippen molar-refractivity contribution in [1.82, 2.24) is 4.98 Å². The van der Waals surface area contributed by atoms with Crippen LogP contribution in [0.2, 0.25) is 0 Å². The minimum Gasteiger partial charge on any atom is -0.328 e. The van der Waals surface area contributed by atoms with Gasteiger partial charge in [0.15, 0.2) is 0 Å². The van der Waals surface area contributed by atoms with E-state index in [4.69, 9.17) is 0 Å². The molecule has 5 heteroatoms. The number of amides is 1. The standard InChI is InChI=1S/C14H13BrN2O2/c1-2-9-7-11(15)4-5-12(9)17-14(19)10-3-6-13(18)16-8-10/h3-8H,2H2,1H3,(H,16,18)(H,17,19). The van der Waals surface area contributed by atoms with Crippen LogP contribution in [-0.4, -0.2) is 10.9 Å². The van der Waals surface area contributed by atoms with Crippen LogP contribution in [0.3, 0.4) is 0 Å². The lowest BCUT2D eigenvalue weighted by Crippen LogP contribution is -2.15. The zero-order valence-corrected chi connectivity index (χ0v) is 12.0. The first-order chi connectivity index (χ1) is 9.10. The van der Waals surface area contributed by atoms with Crippen LogP contribution in [0.15, 0.2) is 45.8 Å². The molecule has 0 spiro atoms. The van der Waals surface area contributed by atoms with Gasteiger partial charge >= 0.3 is 0 Å². The van der Waals surface area contributed by atoms with E-state index in [0.29, 0.717) is 5.56 Å². The quantitative estimate of drug-likeness (QED) is 0.913. The molecule has 2 aromatic rings. The number of H-pyrrole nitrogens is 1. The summed E-state index contributed by atoms with van der Waals surface area (Å²) < 4.78 is 0.978. The smallest absolute Gasteiger partial charge is 0.257 e. The highest BCUT2D eigenvalue weighted by molar-refractivity contribution is 9.10. The molecule has 0 fully saturated rings. The number of aryl methyl sites for hydroxylation is 1. The Kier molecular flexibility index (Phi) is 4.16. The number of carbonyl (C=O) groups excluding carboxylic acids is 1. The number of pyridine rings is 1. The molecule has 1 aromatic carbocycles. The maximum atomic E-state index is 12.0. The fraction of sp³-hybridized carbons (Fsp3) is 0.143. The normalized spacial score (nSPS) is 10.2. The van der Waals surface area contributed by atoms with Gasteiger partial charge in [-0.05, 0) is 36.2 Å². The Hall–Kier alpha value is -1.88. The minimum atomic E-state index is -0.242. The zero-order chi connectivity index (χ0) is 13.8. The van der Waals surface area contributed by atoms with E-state index >= 15 is 0 Å². The van der Waals surface area contributed by atoms with Crippen LogP contribution in [0.5, 0.6) is 0 Å². The van der Waals surface area contributed by atoms with Crippen LogP contribution < -0.4 is 10.9 Å². The monoisotopic (exact) mass is 320 g/mol. The Labute approximate surface area is 119 Å². The highest BCUT2D eigenvalue weighted by Crippen LogP contribution is 2.22. The average molecular weight is 321 g/mol. The zero-order valence-electron chi connectivity index (χ0n) is 10.4. The molecule has 2 N–H and O–H groups in total. The predicted octanol–water partition coefficient (Wildman–Crippen LogP) is 2.95. The molecule has 0 bridgehead atoms. The SMILES string of the molecule is CCc1cc(Br)ccc1NC(=O)c1ccc(=O)[nH]c1. The van der Waals surface area contributed by atoms with Crippen LogP contribution in [-0.2, 0) is 6.42 Å². The number of aromatic nitrogens is 1. The van der Waals surface area contributed by atoms with Crippen molar-refractivity contribution in [1.29, 1.82) is 0 Å². The predicted molar refractivity (Wildman–Crippen MR) is 78.5 cm³/mol. The number of aromatic amines is 1. The van der Waals surface area contributed by atoms with Gasteiger partial charge in [0.25, 0.3) is 5.91 Å². The Bertz CT molecular complexity index is 644. The largest absolute Gasteiger partial charge is 0.328 e. The molecule has 0 saturated heterocycles. The highest BCUT2D eigenvalue weighted by atomic mass is 79.9. The van der Waals surface area contributed by atoms with E-state index in [1.807, 2.05) is 25.1 Å². The lowest BCUT2D eigenvalue weighted by molar-refractivity contribution is 0.102. The van der Waals surface area contributed by atoms with Crippen LogP contribution in [0.1, 0.15) is 22.8 Å². The van der Waals surface area contributed by atoms with E-state index in [0.717, 1.165) is 22.1 Å². The van der Waals surface area contributed by atoms with Crippen LogP contribution in [0, 0.1) is 0 Å². The second kappa shape index (κ2) is 5.84. The number of hydrogen-bond donors (Lipinski definition) is 2. The van der Waals surface area contributed by atoms with E-state index < -0.39 is 0 Å². The van der Waals surface area contributed by atoms with E-state index in [1.54, 1.807) is 0 Å². The van der Waals surface area contributed by atoms with E-state index in [1.165, 1.54) is 18.3 Å². The van der Waals surface area contributed by atoms with Crippen molar-refractivity contribution in [2.75, 3.05) is 5.32 Å². The third kappa shape index (κ3) is 3.32. The summed E-state index contributed by atoms with van der Waals surface area (Å²) in [5, 5.41) is 2.84. The Balaban J connectivity index is 2.23. The van der Waals surface area contributed by atoms with Gasteiger partial charge in [0.05, 0.1) is 5.56 Å². The molecule has 0 saturated carbocycles. The first-order valence-corrected chi connectivity index (χ1v) is 6.68. The van der Waals surface area contributed by atoms with Gasteiger partial charge in [0, 0.05) is 22.4 Å². The van der Waals surface area contributed by atoms with Gasteiger partial charge in [-0.1, -0.05) is 22.9 Å². The Morgan fingerprint density at radius 3 is 2.74 bits per heavy atom. The lowest BCUT2D eigenvalue weighted by Gasteiger charge is -2.10. The van der Waals surface area contributed by atoms with Crippen molar-refractivity contribution < 1.29 is 4.79 Å². The lowest BCUT2D eigenvalue weighted by atomic mass is 10.1. The third-order valence-corrected chi connectivity index (χ3v) is 3.24. The van der Waals surface area contributed by atoms with Gasteiger partial charge in [-0.25, -0.2) is 0 Å². The van der Waals surface area contributed by atoms with Crippen molar-refractivity contribution in [2.24, 2.45) is 0 Å². The summed E-state index contributed by atoms with van der Waals surface area (Å²) in [6, 6.07) is 8.53. The molecule has 0 unspecified atom stereocenters. The summed E-state index contributed by atoms with van der Waals surface area (Å²) in [6.07, 6.45) is 2.23. The van der Waals surface area contributed by atoms with Crippen molar-refractivity contribution in [3.63, 3.8) is 0 Å². The number of rotatable bonds is 3. The molecule has 1 heterocycles. The number of benzene rings is 1. The van der Waals surface area contributed by atoms with Gasteiger partial charge in [0.1, 0.15) is 0 Å². The summed E-state index contributed by atoms with van der Waals surface area (Å²) in [5.41, 5.74) is 2.02. The molecule has 0 aliphatic rings. The van der Waals surface area contributed by atoms with Gasteiger partial charge in [-0.2, -0.15) is 0 Å². The maximum absolute atomic E-state index is 12.0. The summed E-state index contributed by atoms with van der Waals surface area (Å²) in [4.78, 5) is 25.5. The molecule has 4 nitrogen and oxygen atoms in total. The fourth-order valence-corrected chi connectivity index (χ4v) is 2.13.